The van der Waals surface area contributed by atoms with E-state index >= 15 is 0 Å². The van der Waals surface area contributed by atoms with Crippen LogP contribution in [0.4, 0.5) is 0 Å². The van der Waals surface area contributed by atoms with Crippen molar-refractivity contribution >= 4 is 5.91 Å². The van der Waals surface area contributed by atoms with Crippen LogP contribution in [0.25, 0.3) is 0 Å². The first-order valence-electron chi connectivity index (χ1n) is 10.2. The van der Waals surface area contributed by atoms with E-state index in [-0.39, 0.29) is 11.4 Å². The van der Waals surface area contributed by atoms with Gasteiger partial charge < -0.3 is 9.64 Å². The lowest BCUT2D eigenvalue weighted by Crippen LogP contribution is -2.54. The summed E-state index contributed by atoms with van der Waals surface area (Å²) < 4.78 is 5.97. The second-order valence-electron chi connectivity index (χ2n) is 8.67. The summed E-state index contributed by atoms with van der Waals surface area (Å²) in [6, 6.07) is 8.51. The Labute approximate surface area is 157 Å². The minimum Gasteiger partial charge on any atom is -0.380 e. The fraction of sp³-hybridized carbons (Fsp3) is 0.682. The van der Waals surface area contributed by atoms with Crippen molar-refractivity contribution in [3.63, 3.8) is 0 Å². The van der Waals surface area contributed by atoms with E-state index in [1.807, 2.05) is 36.1 Å². The second kappa shape index (κ2) is 7.32. The van der Waals surface area contributed by atoms with Crippen LogP contribution >= 0.6 is 0 Å². The number of piperidine rings is 1. The number of benzene rings is 1. The van der Waals surface area contributed by atoms with Gasteiger partial charge in [0.1, 0.15) is 0 Å². The average molecular weight is 357 g/mol. The number of likely N-dealkylation sites (tertiary alicyclic amines) is 2. The number of hydrogen-bond donors (Lipinski definition) is 0. The molecule has 1 aliphatic carbocycles. The predicted molar refractivity (Wildman–Crippen MR) is 103 cm³/mol. The zero-order valence-corrected chi connectivity index (χ0v) is 16.2. The van der Waals surface area contributed by atoms with Crippen LogP contribution in [0.5, 0.6) is 0 Å². The van der Waals surface area contributed by atoms with Crippen LogP contribution in [0.1, 0.15) is 54.4 Å². The number of carbonyl (C=O) groups is 1. The Bertz CT molecular complexity index is 647. The lowest BCUT2D eigenvalue weighted by molar-refractivity contribution is 0.0172. The highest BCUT2D eigenvalue weighted by molar-refractivity contribution is 5.94. The molecule has 4 nitrogen and oxygen atoms in total. The number of likely N-dealkylation sites (N-methyl/N-ethyl adjacent to an activating group) is 1. The molecule has 2 aliphatic heterocycles. The third-order valence-electron chi connectivity index (χ3n) is 6.85. The van der Waals surface area contributed by atoms with E-state index in [1.54, 1.807) is 0 Å². The fourth-order valence-corrected chi connectivity index (χ4v) is 4.73. The van der Waals surface area contributed by atoms with Crippen LogP contribution < -0.4 is 0 Å². The quantitative estimate of drug-likeness (QED) is 0.810. The highest BCUT2D eigenvalue weighted by Crippen LogP contribution is 2.41. The summed E-state index contributed by atoms with van der Waals surface area (Å²) >= 11 is 0. The molecule has 1 aromatic rings. The molecule has 0 aromatic heterocycles. The number of carbonyl (C=O) groups excluding carboxylic acids is 1. The molecule has 26 heavy (non-hydrogen) atoms. The van der Waals surface area contributed by atoms with Crippen molar-refractivity contribution in [2.24, 2.45) is 5.92 Å². The van der Waals surface area contributed by atoms with Gasteiger partial charge in [-0.15, -0.1) is 0 Å². The standard InChI is InChI=1S/C22H32N2O2/c1-17-4-3-5-19(14-17)21(25)24-12-10-22(11-13-24)9-8-20(23(22)2)16-26-15-18-6-7-18/h3-5,14,18,20H,6-13,15-16H2,1-2H3/t20-/m1/s1. The Hall–Kier alpha value is -1.39. The van der Waals surface area contributed by atoms with Gasteiger partial charge in [-0.25, -0.2) is 0 Å². The molecule has 1 aromatic carbocycles. The number of rotatable bonds is 5. The maximum atomic E-state index is 12.8. The summed E-state index contributed by atoms with van der Waals surface area (Å²) in [7, 11) is 2.27. The summed E-state index contributed by atoms with van der Waals surface area (Å²) in [5.41, 5.74) is 2.25. The van der Waals surface area contributed by atoms with E-state index in [1.165, 1.54) is 25.7 Å². The second-order valence-corrected chi connectivity index (χ2v) is 8.67. The number of nitrogens with zero attached hydrogens (tertiary/aromatic N) is 2. The van der Waals surface area contributed by atoms with Crippen molar-refractivity contribution in [3.05, 3.63) is 35.4 Å². The third kappa shape index (κ3) is 3.67. The topological polar surface area (TPSA) is 32.8 Å². The van der Waals surface area contributed by atoms with Crippen LogP contribution in [0.15, 0.2) is 24.3 Å². The van der Waals surface area contributed by atoms with E-state index in [4.69, 9.17) is 4.74 Å². The minimum atomic E-state index is 0.188. The van der Waals surface area contributed by atoms with Gasteiger partial charge in [0.05, 0.1) is 6.61 Å². The average Bonchev–Trinajstić information content (AvgIpc) is 3.43. The number of ether oxygens (including phenoxy) is 1. The molecule has 1 saturated carbocycles. The molecule has 1 atom stereocenters. The summed E-state index contributed by atoms with van der Waals surface area (Å²) in [6.45, 7) is 5.61. The SMILES string of the molecule is Cc1cccc(C(=O)N2CCC3(CC[C@H](COCC4CC4)N3C)CC2)c1. The number of amides is 1. The third-order valence-corrected chi connectivity index (χ3v) is 6.85. The summed E-state index contributed by atoms with van der Waals surface area (Å²) in [6.07, 6.45) is 7.35. The predicted octanol–water partition coefficient (Wildman–Crippen LogP) is 3.49. The molecule has 0 radical (unpaired) electrons. The first-order chi connectivity index (χ1) is 12.6. The molecule has 2 saturated heterocycles. The Morgan fingerprint density at radius 3 is 2.62 bits per heavy atom. The van der Waals surface area contributed by atoms with Crippen LogP contribution in [0, 0.1) is 12.8 Å². The highest BCUT2D eigenvalue weighted by Gasteiger charge is 2.46. The van der Waals surface area contributed by atoms with E-state index in [2.05, 4.69) is 11.9 Å². The summed E-state index contributed by atoms with van der Waals surface area (Å²) in [4.78, 5) is 17.4. The van der Waals surface area contributed by atoms with Gasteiger partial charge in [0.25, 0.3) is 5.91 Å². The molecule has 0 N–H and O–H groups in total. The molecule has 3 aliphatic rings. The van der Waals surface area contributed by atoms with E-state index < -0.39 is 0 Å². The summed E-state index contributed by atoms with van der Waals surface area (Å²) in [5, 5.41) is 0. The first-order valence-corrected chi connectivity index (χ1v) is 10.2. The van der Waals surface area contributed by atoms with Crippen molar-refractivity contribution in [1.29, 1.82) is 0 Å². The number of aryl methyl sites for hydroxylation is 1. The highest BCUT2D eigenvalue weighted by atomic mass is 16.5. The lowest BCUT2D eigenvalue weighted by atomic mass is 9.85. The monoisotopic (exact) mass is 356 g/mol. The van der Waals surface area contributed by atoms with Gasteiger partial charge in [-0.1, -0.05) is 17.7 Å². The van der Waals surface area contributed by atoms with Crippen molar-refractivity contribution in [1.82, 2.24) is 9.80 Å². The molecular weight excluding hydrogens is 324 g/mol. The Balaban J connectivity index is 1.31. The zero-order chi connectivity index (χ0) is 18.1. The largest absolute Gasteiger partial charge is 0.380 e. The maximum Gasteiger partial charge on any atom is 0.253 e. The zero-order valence-electron chi connectivity index (χ0n) is 16.2. The molecule has 4 rings (SSSR count). The van der Waals surface area contributed by atoms with Gasteiger partial charge >= 0.3 is 0 Å². The van der Waals surface area contributed by atoms with E-state index in [0.717, 1.165) is 56.2 Å². The van der Waals surface area contributed by atoms with Crippen LogP contribution in [0.3, 0.4) is 0 Å². The number of hydrogen-bond acceptors (Lipinski definition) is 3. The van der Waals surface area contributed by atoms with Gasteiger partial charge in [0.15, 0.2) is 0 Å². The molecule has 142 valence electrons. The van der Waals surface area contributed by atoms with E-state index in [9.17, 15) is 4.79 Å². The van der Waals surface area contributed by atoms with Gasteiger partial charge in [0.2, 0.25) is 0 Å². The fourth-order valence-electron chi connectivity index (χ4n) is 4.73. The van der Waals surface area contributed by atoms with Gasteiger partial charge in [-0.2, -0.15) is 0 Å². The molecule has 1 spiro atoms. The Morgan fingerprint density at radius 2 is 1.92 bits per heavy atom. The maximum absolute atomic E-state index is 12.8. The van der Waals surface area contributed by atoms with Gasteiger partial charge in [0, 0.05) is 36.8 Å². The smallest absolute Gasteiger partial charge is 0.253 e. The Morgan fingerprint density at radius 1 is 1.15 bits per heavy atom. The molecule has 4 heteroatoms. The first kappa shape index (κ1) is 18.0. The van der Waals surface area contributed by atoms with Crippen molar-refractivity contribution in [2.45, 2.75) is 57.0 Å². The molecule has 0 unspecified atom stereocenters. The van der Waals surface area contributed by atoms with Crippen LogP contribution in [-0.4, -0.2) is 60.6 Å². The molecule has 2 heterocycles. The van der Waals surface area contributed by atoms with Crippen LogP contribution in [-0.2, 0) is 4.74 Å². The Kier molecular flexibility index (Phi) is 5.07. The van der Waals surface area contributed by atoms with E-state index in [0.29, 0.717) is 6.04 Å². The summed E-state index contributed by atoms with van der Waals surface area (Å²) in [5.74, 6) is 1.03. The lowest BCUT2D eigenvalue weighted by Gasteiger charge is -2.45. The normalized spacial score (nSPS) is 25.8. The van der Waals surface area contributed by atoms with Crippen LogP contribution in [0.2, 0.25) is 0 Å². The van der Waals surface area contributed by atoms with Crippen molar-refractivity contribution in [3.8, 4) is 0 Å². The van der Waals surface area contributed by atoms with Gasteiger partial charge in [-0.05, 0) is 70.5 Å². The minimum absolute atomic E-state index is 0.188. The molecule has 1 amide bonds. The van der Waals surface area contributed by atoms with Gasteiger partial charge in [-0.3, -0.25) is 9.69 Å². The molecule has 3 fully saturated rings. The molecule has 0 bridgehead atoms. The van der Waals surface area contributed by atoms with Crippen molar-refractivity contribution in [2.75, 3.05) is 33.4 Å². The van der Waals surface area contributed by atoms with Crippen molar-refractivity contribution < 1.29 is 9.53 Å². The molecular formula is C22H32N2O2.